The number of fused-ring (bicyclic) bond motifs is 2. The van der Waals surface area contributed by atoms with E-state index in [0.29, 0.717) is 49.5 Å². The fourth-order valence-corrected chi connectivity index (χ4v) is 7.71. The highest BCUT2D eigenvalue weighted by Gasteiger charge is 2.36. The highest BCUT2D eigenvalue weighted by Crippen LogP contribution is 2.40. The maximum Gasteiger partial charge on any atom is 0.271 e. The van der Waals surface area contributed by atoms with Gasteiger partial charge in [-0.15, -0.1) is 0 Å². The van der Waals surface area contributed by atoms with Gasteiger partial charge in [0.05, 0.1) is 33.0 Å². The second-order valence-electron chi connectivity index (χ2n) is 11.2. The average molecular weight is 674 g/mol. The van der Waals surface area contributed by atoms with E-state index in [1.165, 1.54) is 11.3 Å². The number of amides is 1. The Labute approximate surface area is 281 Å². The maximum atomic E-state index is 14.5. The summed E-state index contributed by atoms with van der Waals surface area (Å²) < 4.78 is 10.2. The van der Waals surface area contributed by atoms with Crippen LogP contribution in [0.25, 0.3) is 22.5 Å². The molecule has 6 rings (SSSR count). The molecule has 0 bridgehead atoms. The van der Waals surface area contributed by atoms with Gasteiger partial charge in [-0.2, -0.15) is 0 Å². The van der Waals surface area contributed by atoms with Gasteiger partial charge in [0.15, 0.2) is 4.80 Å². The minimum atomic E-state index is -0.740. The number of methoxy groups -OCH3 is 1. The van der Waals surface area contributed by atoms with Gasteiger partial charge in [0.25, 0.3) is 11.5 Å². The zero-order valence-electron chi connectivity index (χ0n) is 26.5. The van der Waals surface area contributed by atoms with Crippen LogP contribution in [-0.2, 0) is 4.79 Å². The van der Waals surface area contributed by atoms with Crippen molar-refractivity contribution in [1.82, 2.24) is 14.0 Å². The normalized spacial score (nSPS) is 14.9. The van der Waals surface area contributed by atoms with Crippen molar-refractivity contribution in [3.05, 3.63) is 124 Å². The lowest BCUT2D eigenvalue weighted by Crippen LogP contribution is -2.43. The number of thiazole rings is 1. The topological polar surface area (TPSA) is 68.8 Å². The molecule has 7 nitrogen and oxygen atoms in total. The molecular weight excluding hydrogens is 639 g/mol. The van der Waals surface area contributed by atoms with Gasteiger partial charge in [-0.1, -0.05) is 64.9 Å². The van der Waals surface area contributed by atoms with Crippen molar-refractivity contribution in [2.24, 2.45) is 4.99 Å². The van der Waals surface area contributed by atoms with E-state index in [0.717, 1.165) is 39.0 Å². The molecule has 2 aromatic heterocycles. The lowest BCUT2D eigenvalue weighted by Gasteiger charge is -2.30. The Hall–Kier alpha value is -4.11. The zero-order valence-corrected chi connectivity index (χ0v) is 28.8. The predicted octanol–water partition coefficient (Wildman–Crippen LogP) is 6.98. The first-order valence-corrected chi connectivity index (χ1v) is 16.7. The summed E-state index contributed by atoms with van der Waals surface area (Å²) in [5.41, 5.74) is 5.29. The third-order valence-corrected chi connectivity index (χ3v) is 10.4. The van der Waals surface area contributed by atoms with Gasteiger partial charge in [0, 0.05) is 35.7 Å². The molecule has 0 N–H and O–H groups in total. The van der Waals surface area contributed by atoms with Crippen molar-refractivity contribution in [3.8, 4) is 11.4 Å². The van der Waals surface area contributed by atoms with Crippen molar-refractivity contribution < 1.29 is 9.53 Å². The summed E-state index contributed by atoms with van der Waals surface area (Å²) >= 11 is 13.8. The second kappa shape index (κ2) is 12.6. The van der Waals surface area contributed by atoms with Crippen LogP contribution in [-0.4, -0.2) is 40.1 Å². The van der Waals surface area contributed by atoms with Crippen LogP contribution in [0.3, 0.4) is 0 Å². The summed E-state index contributed by atoms with van der Waals surface area (Å²) in [7, 11) is 1.61. The predicted molar refractivity (Wildman–Crippen MR) is 187 cm³/mol. The third kappa shape index (κ3) is 5.28. The number of ether oxygens (including phenoxy) is 1. The number of likely N-dealkylation sites (N-methyl/N-ethyl adjacent to an activating group) is 1. The molecule has 1 atom stereocenters. The Bertz CT molecular complexity index is 2240. The number of carbonyl (C=O) groups excluding carboxylic acids is 1. The molecule has 3 heterocycles. The number of carbonyl (C=O) groups is 1. The average Bonchev–Trinajstić information content (AvgIpc) is 3.50. The number of allylic oxidation sites excluding steroid dienone is 1. The Balaban J connectivity index is 1.61. The highest BCUT2D eigenvalue weighted by atomic mass is 35.5. The molecule has 0 saturated heterocycles. The molecule has 0 radical (unpaired) electrons. The van der Waals surface area contributed by atoms with E-state index in [1.54, 1.807) is 22.6 Å². The van der Waals surface area contributed by atoms with Crippen LogP contribution in [0.1, 0.15) is 49.3 Å². The number of nitrogens with zero attached hydrogens (tertiary/aromatic N) is 4. The molecular formula is C36H34Cl2N4O3S. The van der Waals surface area contributed by atoms with Gasteiger partial charge in [0.2, 0.25) is 0 Å². The maximum absolute atomic E-state index is 14.5. The summed E-state index contributed by atoms with van der Waals surface area (Å²) in [6.45, 7) is 10.8. The van der Waals surface area contributed by atoms with Gasteiger partial charge < -0.3 is 14.2 Å². The lowest BCUT2D eigenvalue weighted by molar-refractivity contribution is -0.127. The summed E-state index contributed by atoms with van der Waals surface area (Å²) in [5.74, 6) is 0.452. The number of benzene rings is 3. The van der Waals surface area contributed by atoms with E-state index in [4.69, 9.17) is 32.9 Å². The largest absolute Gasteiger partial charge is 0.496 e. The molecule has 1 aliphatic heterocycles. The summed E-state index contributed by atoms with van der Waals surface area (Å²) in [6.07, 6.45) is 1.91. The van der Waals surface area contributed by atoms with Gasteiger partial charge in [-0.3, -0.25) is 14.2 Å². The van der Waals surface area contributed by atoms with Crippen molar-refractivity contribution >= 4 is 57.3 Å². The Morgan fingerprint density at radius 2 is 1.76 bits per heavy atom. The van der Waals surface area contributed by atoms with Crippen LogP contribution in [0.2, 0.25) is 10.0 Å². The molecule has 1 amide bonds. The molecule has 236 valence electrons. The molecule has 0 fully saturated rings. The summed E-state index contributed by atoms with van der Waals surface area (Å²) in [5, 5.41) is 2.85. The monoisotopic (exact) mass is 672 g/mol. The molecule has 46 heavy (non-hydrogen) atoms. The number of hydrogen-bond donors (Lipinski definition) is 0. The molecule has 0 saturated carbocycles. The van der Waals surface area contributed by atoms with E-state index < -0.39 is 6.04 Å². The smallest absolute Gasteiger partial charge is 0.271 e. The second-order valence-corrected chi connectivity index (χ2v) is 13.0. The number of rotatable bonds is 7. The van der Waals surface area contributed by atoms with E-state index >= 15 is 0 Å². The molecule has 0 spiro atoms. The van der Waals surface area contributed by atoms with E-state index in [1.807, 2.05) is 95.3 Å². The van der Waals surface area contributed by atoms with E-state index in [-0.39, 0.29) is 11.5 Å². The van der Waals surface area contributed by atoms with Crippen molar-refractivity contribution in [2.45, 2.75) is 40.7 Å². The number of hydrogen-bond acceptors (Lipinski definition) is 5. The van der Waals surface area contributed by atoms with Gasteiger partial charge in [-0.05, 0) is 87.4 Å². The van der Waals surface area contributed by atoms with E-state index in [9.17, 15) is 9.59 Å². The molecule has 0 aliphatic carbocycles. The van der Waals surface area contributed by atoms with Crippen LogP contribution in [0.5, 0.6) is 5.75 Å². The standard InChI is InChI=1S/C36H34Cl2N4O3S/c1-7-40(8-2)35(44)31-21(4)39-36-42(33(31)32-26-12-10-9-11-23(26)13-16-29(32)45-6)34(43)30(46-36)18-24-17-20(3)41(22(24)5)25-14-15-27(37)28(38)19-25/h9-19,33H,7-8H2,1-6H3/b30-18+/t33-/m1/s1. The Morgan fingerprint density at radius 1 is 1.02 bits per heavy atom. The summed E-state index contributed by atoms with van der Waals surface area (Å²) in [4.78, 5) is 35.9. The Kier molecular flexibility index (Phi) is 8.72. The van der Waals surface area contributed by atoms with Gasteiger partial charge in [-0.25, -0.2) is 4.99 Å². The lowest BCUT2D eigenvalue weighted by atomic mass is 9.90. The van der Waals surface area contributed by atoms with Crippen molar-refractivity contribution in [2.75, 3.05) is 20.2 Å². The molecule has 5 aromatic rings. The van der Waals surface area contributed by atoms with Crippen molar-refractivity contribution in [3.63, 3.8) is 0 Å². The molecule has 3 aromatic carbocycles. The molecule has 0 unspecified atom stereocenters. The molecule has 1 aliphatic rings. The van der Waals surface area contributed by atoms with Gasteiger partial charge >= 0.3 is 0 Å². The minimum Gasteiger partial charge on any atom is -0.496 e. The SMILES string of the molecule is CCN(CC)C(=O)C1=C(C)N=c2s/c(=C/c3cc(C)n(-c4ccc(Cl)c(Cl)c4)c3C)c(=O)n2[C@H]1c1c(OC)ccc2ccccc12. The number of aryl methyl sites for hydroxylation is 1. The summed E-state index contributed by atoms with van der Waals surface area (Å²) in [6, 6.07) is 18.7. The first kappa shape index (κ1) is 31.9. The van der Waals surface area contributed by atoms with Crippen LogP contribution in [0.4, 0.5) is 0 Å². The quantitative estimate of drug-likeness (QED) is 0.187. The number of aromatic nitrogens is 2. The van der Waals surface area contributed by atoms with Crippen LogP contribution in [0, 0.1) is 13.8 Å². The third-order valence-electron chi connectivity index (χ3n) is 8.65. The van der Waals surface area contributed by atoms with Crippen LogP contribution >= 0.6 is 34.5 Å². The van der Waals surface area contributed by atoms with Crippen LogP contribution in [0.15, 0.2) is 81.7 Å². The zero-order chi connectivity index (χ0) is 32.9. The first-order chi connectivity index (χ1) is 22.1. The fourth-order valence-electron chi connectivity index (χ4n) is 6.38. The van der Waals surface area contributed by atoms with Crippen LogP contribution < -0.4 is 19.6 Å². The number of halogens is 2. The van der Waals surface area contributed by atoms with Gasteiger partial charge in [0.1, 0.15) is 11.8 Å². The fraction of sp³-hybridized carbons (Fsp3) is 0.250. The highest BCUT2D eigenvalue weighted by molar-refractivity contribution is 7.07. The minimum absolute atomic E-state index is 0.148. The Morgan fingerprint density at radius 3 is 2.46 bits per heavy atom. The van der Waals surface area contributed by atoms with E-state index in [2.05, 4.69) is 4.57 Å². The molecule has 10 heteroatoms. The van der Waals surface area contributed by atoms with Crippen molar-refractivity contribution in [1.29, 1.82) is 0 Å². The first-order valence-electron chi connectivity index (χ1n) is 15.1.